The molecule has 2 aliphatic heterocycles. The van der Waals surface area contributed by atoms with Crippen LogP contribution in [0.15, 0.2) is 90.1 Å². The number of nitrogens with two attached hydrogens (primary N) is 1. The van der Waals surface area contributed by atoms with E-state index >= 15 is 4.39 Å². The minimum atomic E-state index is -0.597. The summed E-state index contributed by atoms with van der Waals surface area (Å²) in [6.07, 6.45) is 8.01. The van der Waals surface area contributed by atoms with Gasteiger partial charge >= 0.3 is 0 Å². The molecule has 6 rings (SSSR count). The standard InChI is InChI=1S/C36H35FN4O5/c1-21-2-8-27(31(37)14-21)29-19-41(18-22-10-12-46-13-11-22)20-30(34(29)44)36(45)40-26-6-3-23(4-7-26)28-15-25(17-39-35(28)38)24-5-9-32(42)33(43)16-24/h2-9,14-17,19-20,22,35,39,42-43H,10-13,18,38H2,1H3,(H,40,45). The molecule has 9 nitrogen and oxygen atoms in total. The van der Waals surface area contributed by atoms with Crippen molar-refractivity contribution in [1.29, 1.82) is 0 Å². The number of nitrogens with one attached hydrogen (secondary N) is 2. The van der Waals surface area contributed by atoms with Gasteiger partial charge in [0.25, 0.3) is 5.91 Å². The van der Waals surface area contributed by atoms with Crippen molar-refractivity contribution in [1.82, 2.24) is 9.88 Å². The fourth-order valence-corrected chi connectivity index (χ4v) is 5.80. The second kappa shape index (κ2) is 13.0. The van der Waals surface area contributed by atoms with Gasteiger partial charge in [0, 0.05) is 55.2 Å². The Morgan fingerprint density at radius 1 is 1.00 bits per heavy atom. The first-order valence-electron chi connectivity index (χ1n) is 15.1. The molecule has 0 bridgehead atoms. The molecule has 4 aromatic rings. The molecule has 2 aliphatic rings. The molecule has 236 valence electrons. The van der Waals surface area contributed by atoms with Crippen molar-refractivity contribution in [3.8, 4) is 22.6 Å². The van der Waals surface area contributed by atoms with Crippen molar-refractivity contribution in [2.24, 2.45) is 11.7 Å². The predicted molar refractivity (Wildman–Crippen MR) is 176 cm³/mol. The second-order valence-electron chi connectivity index (χ2n) is 11.7. The van der Waals surface area contributed by atoms with Gasteiger partial charge in [0.05, 0.1) is 0 Å². The molecule has 3 heterocycles. The summed E-state index contributed by atoms with van der Waals surface area (Å²) in [6, 6.07) is 16.3. The predicted octanol–water partition coefficient (Wildman–Crippen LogP) is 5.37. The van der Waals surface area contributed by atoms with E-state index in [-0.39, 0.29) is 28.2 Å². The third-order valence-electron chi connectivity index (χ3n) is 8.40. The summed E-state index contributed by atoms with van der Waals surface area (Å²) >= 11 is 0. The van der Waals surface area contributed by atoms with Crippen molar-refractivity contribution in [3.05, 3.63) is 124 Å². The van der Waals surface area contributed by atoms with Gasteiger partial charge in [-0.2, -0.15) is 0 Å². The number of ether oxygens (including phenoxy) is 1. The molecule has 10 heteroatoms. The highest BCUT2D eigenvalue weighted by Gasteiger charge is 2.22. The molecule has 0 aliphatic carbocycles. The first-order valence-corrected chi connectivity index (χ1v) is 15.1. The van der Waals surface area contributed by atoms with Crippen LogP contribution in [0.1, 0.15) is 39.9 Å². The lowest BCUT2D eigenvalue weighted by Crippen LogP contribution is -2.36. The maximum Gasteiger partial charge on any atom is 0.261 e. The first kappa shape index (κ1) is 30.8. The number of aromatic nitrogens is 1. The molecular formula is C36H35FN4O5. The van der Waals surface area contributed by atoms with Crippen LogP contribution in [-0.2, 0) is 11.3 Å². The number of carbonyl (C=O) groups excluding carboxylic acids is 1. The van der Waals surface area contributed by atoms with Gasteiger partial charge in [-0.3, -0.25) is 9.59 Å². The molecular weight excluding hydrogens is 587 g/mol. The summed E-state index contributed by atoms with van der Waals surface area (Å²) in [4.78, 5) is 27.2. The number of hydrogen-bond donors (Lipinski definition) is 5. The van der Waals surface area contributed by atoms with Crippen molar-refractivity contribution in [2.75, 3.05) is 18.5 Å². The highest BCUT2D eigenvalue weighted by molar-refractivity contribution is 6.04. The number of rotatable bonds is 7. The van der Waals surface area contributed by atoms with Gasteiger partial charge in [-0.25, -0.2) is 4.39 Å². The van der Waals surface area contributed by atoms with E-state index in [0.29, 0.717) is 36.9 Å². The minimum absolute atomic E-state index is 0.0817. The van der Waals surface area contributed by atoms with Crippen LogP contribution < -0.4 is 21.8 Å². The smallest absolute Gasteiger partial charge is 0.261 e. The third-order valence-corrected chi connectivity index (χ3v) is 8.40. The Kier molecular flexibility index (Phi) is 8.74. The Morgan fingerprint density at radius 2 is 1.74 bits per heavy atom. The molecule has 1 amide bonds. The van der Waals surface area contributed by atoms with Gasteiger partial charge in [0.2, 0.25) is 5.43 Å². The molecule has 1 saturated heterocycles. The Balaban J connectivity index is 1.27. The summed E-state index contributed by atoms with van der Waals surface area (Å²) in [5.41, 5.74) is 10.2. The number of allylic oxidation sites excluding steroid dienone is 2. The number of pyridine rings is 1. The van der Waals surface area contributed by atoms with Crippen LogP contribution in [0.3, 0.4) is 0 Å². The van der Waals surface area contributed by atoms with E-state index in [4.69, 9.17) is 10.5 Å². The topological polar surface area (TPSA) is 139 Å². The monoisotopic (exact) mass is 622 g/mol. The number of amides is 1. The molecule has 1 aromatic heterocycles. The normalized spacial score (nSPS) is 16.7. The average molecular weight is 623 g/mol. The lowest BCUT2D eigenvalue weighted by molar-refractivity contribution is 0.0612. The van der Waals surface area contributed by atoms with Crippen molar-refractivity contribution < 1.29 is 24.1 Å². The number of hydrogen-bond acceptors (Lipinski definition) is 7. The number of aromatic hydroxyl groups is 2. The van der Waals surface area contributed by atoms with E-state index < -0.39 is 23.3 Å². The summed E-state index contributed by atoms with van der Waals surface area (Å²) in [7, 11) is 0. The Bertz CT molecular complexity index is 1910. The number of aryl methyl sites for hydroxylation is 1. The van der Waals surface area contributed by atoms with Crippen LogP contribution in [0.25, 0.3) is 22.3 Å². The van der Waals surface area contributed by atoms with Gasteiger partial charge in [-0.1, -0.05) is 30.3 Å². The minimum Gasteiger partial charge on any atom is -0.504 e. The molecule has 1 atom stereocenters. The maximum atomic E-state index is 15.1. The van der Waals surface area contributed by atoms with Gasteiger partial charge in [-0.15, -0.1) is 0 Å². The van der Waals surface area contributed by atoms with Crippen LogP contribution in [0, 0.1) is 18.7 Å². The summed E-state index contributed by atoms with van der Waals surface area (Å²) in [5, 5.41) is 25.5. The fraction of sp³-hybridized carbons (Fsp3) is 0.222. The number of benzene rings is 3. The largest absolute Gasteiger partial charge is 0.504 e. The molecule has 1 unspecified atom stereocenters. The van der Waals surface area contributed by atoms with Crippen LogP contribution in [0.2, 0.25) is 0 Å². The number of anilines is 1. The summed E-state index contributed by atoms with van der Waals surface area (Å²) in [5.74, 6) is -1.25. The number of carbonyl (C=O) groups is 1. The van der Waals surface area contributed by atoms with Crippen LogP contribution >= 0.6 is 0 Å². The lowest BCUT2D eigenvalue weighted by Gasteiger charge is -2.24. The molecule has 0 radical (unpaired) electrons. The zero-order chi connectivity index (χ0) is 32.4. The zero-order valence-electron chi connectivity index (χ0n) is 25.3. The zero-order valence-corrected chi connectivity index (χ0v) is 25.3. The summed E-state index contributed by atoms with van der Waals surface area (Å²) < 4.78 is 22.3. The van der Waals surface area contributed by atoms with Gasteiger partial charge in [0.15, 0.2) is 11.5 Å². The van der Waals surface area contributed by atoms with Crippen LogP contribution in [0.4, 0.5) is 10.1 Å². The third kappa shape index (κ3) is 6.58. The molecule has 1 fully saturated rings. The molecule has 3 aromatic carbocycles. The van der Waals surface area contributed by atoms with E-state index in [1.165, 1.54) is 18.2 Å². The Morgan fingerprint density at radius 3 is 2.46 bits per heavy atom. The lowest BCUT2D eigenvalue weighted by atomic mass is 9.95. The number of halogens is 1. The van der Waals surface area contributed by atoms with Gasteiger partial charge in [-0.05, 0) is 89.9 Å². The first-order chi connectivity index (χ1) is 22.2. The van der Waals surface area contributed by atoms with Gasteiger partial charge in [0.1, 0.15) is 17.5 Å². The Hall–Kier alpha value is -5.19. The van der Waals surface area contributed by atoms with E-state index in [0.717, 1.165) is 35.1 Å². The highest BCUT2D eigenvalue weighted by atomic mass is 19.1. The van der Waals surface area contributed by atoms with Crippen molar-refractivity contribution in [2.45, 2.75) is 32.5 Å². The number of phenolic OH excluding ortho intramolecular Hbond substituents is 2. The van der Waals surface area contributed by atoms with Gasteiger partial charge < -0.3 is 35.9 Å². The molecule has 0 saturated carbocycles. The number of phenols is 2. The fourth-order valence-electron chi connectivity index (χ4n) is 5.80. The quantitative estimate of drug-likeness (QED) is 0.175. The summed E-state index contributed by atoms with van der Waals surface area (Å²) in [6.45, 7) is 3.66. The van der Waals surface area contributed by atoms with Crippen LogP contribution in [-0.4, -0.2) is 40.1 Å². The van der Waals surface area contributed by atoms with Crippen LogP contribution in [0.5, 0.6) is 11.5 Å². The van der Waals surface area contributed by atoms with E-state index in [9.17, 15) is 19.8 Å². The SMILES string of the molecule is Cc1ccc(-c2cn(CC3CCOCC3)cc(C(=O)Nc3ccc(C4=CC(c5ccc(O)c(O)c5)=CNC4N)cc3)c2=O)c(F)c1. The second-order valence-corrected chi connectivity index (χ2v) is 11.7. The average Bonchev–Trinajstić information content (AvgIpc) is 3.04. The maximum absolute atomic E-state index is 15.1. The number of dihydropyridines is 1. The molecule has 0 spiro atoms. The van der Waals surface area contributed by atoms with Crippen molar-refractivity contribution >= 4 is 22.7 Å². The van der Waals surface area contributed by atoms with E-state index in [1.807, 2.05) is 22.8 Å². The highest BCUT2D eigenvalue weighted by Crippen LogP contribution is 2.32. The van der Waals surface area contributed by atoms with Crippen molar-refractivity contribution in [3.63, 3.8) is 0 Å². The molecule has 6 N–H and O–H groups in total. The Labute approximate surface area is 265 Å². The van der Waals surface area contributed by atoms with E-state index in [2.05, 4.69) is 10.6 Å². The number of nitrogens with zero attached hydrogens (tertiary/aromatic N) is 1. The molecule has 46 heavy (non-hydrogen) atoms. The van der Waals surface area contributed by atoms with E-state index in [1.54, 1.807) is 55.8 Å².